The third kappa shape index (κ3) is 2.84. The number of anilines is 1. The molecule has 0 saturated carbocycles. The second-order valence-corrected chi connectivity index (χ2v) is 3.73. The van der Waals surface area contributed by atoms with Gasteiger partial charge in [0.1, 0.15) is 5.82 Å². The van der Waals surface area contributed by atoms with Crippen molar-refractivity contribution in [1.29, 1.82) is 0 Å². The Balaban J connectivity index is 3.11. The summed E-state index contributed by atoms with van der Waals surface area (Å²) in [6.07, 6.45) is 0.962. The molecule has 0 bridgehead atoms. The molecule has 0 aliphatic heterocycles. The van der Waals surface area contributed by atoms with Crippen LogP contribution in [0.15, 0.2) is 11.0 Å². The highest BCUT2D eigenvalue weighted by Crippen LogP contribution is 2.07. The molecule has 13 heavy (non-hydrogen) atoms. The molecule has 0 aliphatic carbocycles. The topological polar surface area (TPSA) is 129 Å². The lowest BCUT2D eigenvalue weighted by Crippen LogP contribution is -2.15. The molecule has 0 radical (unpaired) electrons. The lowest BCUT2D eigenvalue weighted by atomic mass is 10.3. The van der Waals surface area contributed by atoms with E-state index < -0.39 is 21.6 Å². The number of nitrogen functional groups attached to an aromatic ring is 1. The third-order valence-electron chi connectivity index (χ3n) is 1.26. The Morgan fingerprint density at radius 1 is 1.62 bits per heavy atom. The molecule has 0 amide bonds. The quantitative estimate of drug-likeness (QED) is 0.558. The first-order chi connectivity index (χ1) is 5.88. The van der Waals surface area contributed by atoms with Crippen LogP contribution in [0.25, 0.3) is 0 Å². The molecule has 3 N–H and O–H groups in total. The van der Waals surface area contributed by atoms with Crippen molar-refractivity contribution in [2.45, 2.75) is 5.75 Å². The highest BCUT2D eigenvalue weighted by Gasteiger charge is 2.04. The number of H-pyrrole nitrogens is 1. The van der Waals surface area contributed by atoms with E-state index in [1.54, 1.807) is 0 Å². The van der Waals surface area contributed by atoms with E-state index >= 15 is 0 Å². The van der Waals surface area contributed by atoms with Crippen molar-refractivity contribution in [2.24, 2.45) is 0 Å². The molecule has 0 spiro atoms. The molecule has 0 atom stereocenters. The molecule has 0 aromatic carbocycles. The lowest BCUT2D eigenvalue weighted by Gasteiger charge is -2.07. The maximum Gasteiger partial charge on any atom is 0.346 e. The van der Waals surface area contributed by atoms with Gasteiger partial charge in [-0.2, -0.15) is 0 Å². The van der Waals surface area contributed by atoms with E-state index in [1.807, 2.05) is 0 Å². The van der Waals surface area contributed by atoms with Crippen molar-refractivity contribution in [3.05, 3.63) is 22.2 Å². The van der Waals surface area contributed by atoms with Gasteiger partial charge in [-0.15, -0.1) is 0 Å². The summed E-state index contributed by atoms with van der Waals surface area (Å²) in [6, 6.07) is 0. The fourth-order valence-corrected chi connectivity index (χ4v) is 1.35. The molecule has 8 heteroatoms. The van der Waals surface area contributed by atoms with Crippen LogP contribution in [-0.4, -0.2) is 22.9 Å². The molecular formula is C5H6N3O4S-. The Kier molecular flexibility index (Phi) is 2.34. The van der Waals surface area contributed by atoms with Crippen molar-refractivity contribution in [2.75, 3.05) is 5.73 Å². The summed E-state index contributed by atoms with van der Waals surface area (Å²) in [5.74, 6) is -0.928. The lowest BCUT2D eigenvalue weighted by molar-refractivity contribution is 0.462. The zero-order chi connectivity index (χ0) is 10.1. The van der Waals surface area contributed by atoms with Crippen molar-refractivity contribution in [3.63, 3.8) is 0 Å². The largest absolute Gasteiger partial charge is 0.748 e. The molecule has 0 aliphatic rings. The van der Waals surface area contributed by atoms with Gasteiger partial charge in [0.25, 0.3) is 0 Å². The fourth-order valence-electron chi connectivity index (χ4n) is 0.739. The minimum Gasteiger partial charge on any atom is -0.748 e. The summed E-state index contributed by atoms with van der Waals surface area (Å²) < 4.78 is 30.9. The van der Waals surface area contributed by atoms with Crippen molar-refractivity contribution < 1.29 is 13.0 Å². The Morgan fingerprint density at radius 2 is 2.23 bits per heavy atom. The standard InChI is InChI=1S/C5H7N3O4S/c6-4-3(2-13(10,11)12)1-7-5(9)8-4/h1H,2H2,(H,10,11,12)(H3,6,7,8,9)/p-1. The third-order valence-corrected chi connectivity index (χ3v) is 1.92. The molecule has 1 rings (SSSR count). The molecule has 1 heterocycles. The van der Waals surface area contributed by atoms with Gasteiger partial charge in [-0.1, -0.05) is 0 Å². The molecule has 7 nitrogen and oxygen atoms in total. The van der Waals surface area contributed by atoms with Crippen molar-refractivity contribution >= 4 is 15.9 Å². The maximum absolute atomic E-state index is 10.5. The number of aromatic nitrogens is 2. The minimum absolute atomic E-state index is 0.00500. The Morgan fingerprint density at radius 3 is 2.69 bits per heavy atom. The fraction of sp³-hybridized carbons (Fsp3) is 0.200. The van der Waals surface area contributed by atoms with Crippen LogP contribution in [0.3, 0.4) is 0 Å². The van der Waals surface area contributed by atoms with Crippen LogP contribution < -0.4 is 11.4 Å². The van der Waals surface area contributed by atoms with Crippen LogP contribution in [0.4, 0.5) is 5.82 Å². The molecule has 1 aromatic heterocycles. The SMILES string of the molecule is Nc1[nH]c(=O)ncc1CS(=O)(=O)[O-]. The van der Waals surface area contributed by atoms with Crippen molar-refractivity contribution in [3.8, 4) is 0 Å². The minimum atomic E-state index is -4.40. The van der Waals surface area contributed by atoms with Crippen LogP contribution in [0, 0.1) is 0 Å². The number of rotatable bonds is 2. The molecule has 0 fully saturated rings. The predicted molar refractivity (Wildman–Crippen MR) is 42.7 cm³/mol. The average molecular weight is 204 g/mol. The second kappa shape index (κ2) is 3.15. The first kappa shape index (κ1) is 9.68. The van der Waals surface area contributed by atoms with E-state index in [0.717, 1.165) is 6.20 Å². The highest BCUT2D eigenvalue weighted by atomic mass is 32.2. The van der Waals surface area contributed by atoms with Crippen LogP contribution in [0.5, 0.6) is 0 Å². The summed E-state index contributed by atoms with van der Waals surface area (Å²) in [5.41, 5.74) is 4.53. The van der Waals surface area contributed by atoms with Gasteiger partial charge in [-0.3, -0.25) is 4.98 Å². The molecule has 1 aromatic rings. The summed E-state index contributed by atoms with van der Waals surface area (Å²) in [4.78, 5) is 15.8. The van der Waals surface area contributed by atoms with Gasteiger partial charge < -0.3 is 10.3 Å². The molecule has 0 saturated heterocycles. The van der Waals surface area contributed by atoms with Crippen LogP contribution in [0.2, 0.25) is 0 Å². The van der Waals surface area contributed by atoms with E-state index in [9.17, 15) is 17.8 Å². The van der Waals surface area contributed by atoms with E-state index in [2.05, 4.69) is 9.97 Å². The molecule has 0 unspecified atom stereocenters. The zero-order valence-corrected chi connectivity index (χ0v) is 7.17. The molecular weight excluding hydrogens is 198 g/mol. The van der Waals surface area contributed by atoms with Gasteiger partial charge in [-0.25, -0.2) is 18.2 Å². The summed E-state index contributed by atoms with van der Waals surface area (Å²) >= 11 is 0. The molecule has 72 valence electrons. The van der Waals surface area contributed by atoms with Crippen molar-refractivity contribution in [1.82, 2.24) is 9.97 Å². The number of hydrogen-bond acceptors (Lipinski definition) is 6. The Labute approximate surface area is 73.4 Å². The van der Waals surface area contributed by atoms with Gasteiger partial charge in [0.2, 0.25) is 0 Å². The normalized spacial score (nSPS) is 11.5. The number of nitrogens with one attached hydrogen (secondary N) is 1. The monoisotopic (exact) mass is 204 g/mol. The van der Waals surface area contributed by atoms with E-state index in [-0.39, 0.29) is 11.4 Å². The van der Waals surface area contributed by atoms with Gasteiger partial charge >= 0.3 is 5.69 Å². The van der Waals surface area contributed by atoms with Crippen LogP contribution in [0.1, 0.15) is 5.56 Å². The van der Waals surface area contributed by atoms with Gasteiger partial charge in [0.15, 0.2) is 0 Å². The predicted octanol–water partition coefficient (Wildman–Crippen LogP) is -1.60. The first-order valence-corrected chi connectivity index (χ1v) is 4.73. The van der Waals surface area contributed by atoms with E-state index in [1.165, 1.54) is 0 Å². The second-order valence-electron chi connectivity index (χ2n) is 2.33. The van der Waals surface area contributed by atoms with Crippen LogP contribution in [-0.2, 0) is 15.9 Å². The number of hydrogen-bond donors (Lipinski definition) is 2. The highest BCUT2D eigenvalue weighted by molar-refractivity contribution is 7.84. The zero-order valence-electron chi connectivity index (χ0n) is 6.35. The number of aromatic amines is 1. The summed E-state index contributed by atoms with van der Waals surface area (Å²) in [5, 5.41) is 0. The van der Waals surface area contributed by atoms with E-state index in [0.29, 0.717) is 0 Å². The van der Waals surface area contributed by atoms with E-state index in [4.69, 9.17) is 5.73 Å². The van der Waals surface area contributed by atoms with Gasteiger partial charge in [-0.05, 0) is 0 Å². The van der Waals surface area contributed by atoms with Gasteiger partial charge in [0.05, 0.1) is 15.9 Å². The van der Waals surface area contributed by atoms with Crippen LogP contribution >= 0.6 is 0 Å². The Bertz CT molecular complexity index is 463. The van der Waals surface area contributed by atoms with Gasteiger partial charge in [0, 0.05) is 11.8 Å². The summed E-state index contributed by atoms with van der Waals surface area (Å²) in [6.45, 7) is 0. The summed E-state index contributed by atoms with van der Waals surface area (Å²) in [7, 11) is -4.40. The first-order valence-electron chi connectivity index (χ1n) is 3.16. The maximum atomic E-state index is 10.5. The smallest absolute Gasteiger partial charge is 0.346 e. The number of nitrogens with zero attached hydrogens (tertiary/aromatic N) is 1. The average Bonchev–Trinajstić information content (AvgIpc) is 1.93. The number of nitrogens with two attached hydrogens (primary N) is 1. The Hall–Kier alpha value is -1.41.